The molecule has 0 fully saturated rings. The molecule has 2 aromatic heterocycles. The van der Waals surface area contributed by atoms with Crippen molar-refractivity contribution in [1.29, 1.82) is 0 Å². The quantitative estimate of drug-likeness (QED) is 0.807. The number of nitrogens with zero attached hydrogens (tertiary/aromatic N) is 3. The third-order valence-electron chi connectivity index (χ3n) is 1.75. The van der Waals surface area contributed by atoms with Crippen LogP contribution in [0, 0.1) is 6.92 Å². The van der Waals surface area contributed by atoms with E-state index in [9.17, 15) is 5.11 Å². The summed E-state index contributed by atoms with van der Waals surface area (Å²) in [5.41, 5.74) is 0.610. The Hall–Kier alpha value is -1.33. The first-order chi connectivity index (χ1) is 6.77. The number of thiazole rings is 1. The lowest BCUT2D eigenvalue weighted by atomic mass is 10.2. The molecule has 1 atom stereocenters. The van der Waals surface area contributed by atoms with Crippen LogP contribution in [0.2, 0.25) is 0 Å². The van der Waals surface area contributed by atoms with Gasteiger partial charge in [-0.25, -0.2) is 15.0 Å². The largest absolute Gasteiger partial charge is 0.379 e. The van der Waals surface area contributed by atoms with Crippen molar-refractivity contribution in [2.45, 2.75) is 13.0 Å². The maximum absolute atomic E-state index is 9.82. The van der Waals surface area contributed by atoms with Crippen LogP contribution in [0.25, 0.3) is 0 Å². The van der Waals surface area contributed by atoms with Gasteiger partial charge in [-0.2, -0.15) is 0 Å². The fourth-order valence-electron chi connectivity index (χ4n) is 1.09. The van der Waals surface area contributed by atoms with Crippen molar-refractivity contribution in [3.8, 4) is 0 Å². The molecule has 0 bridgehead atoms. The zero-order valence-corrected chi connectivity index (χ0v) is 8.40. The molecule has 0 aliphatic carbocycles. The number of hydrogen-bond donors (Lipinski definition) is 1. The second kappa shape index (κ2) is 3.81. The number of aryl methyl sites for hydroxylation is 1. The smallest absolute Gasteiger partial charge is 0.163 e. The van der Waals surface area contributed by atoms with E-state index >= 15 is 0 Å². The molecule has 0 aromatic carbocycles. The highest BCUT2D eigenvalue weighted by Crippen LogP contribution is 2.19. The predicted octanol–water partition coefficient (Wildman–Crippen LogP) is 1.32. The van der Waals surface area contributed by atoms with Gasteiger partial charge in [0.05, 0.1) is 10.7 Å². The fourth-order valence-corrected chi connectivity index (χ4v) is 1.72. The van der Waals surface area contributed by atoms with Crippen LogP contribution in [0.1, 0.15) is 22.6 Å². The van der Waals surface area contributed by atoms with E-state index in [-0.39, 0.29) is 0 Å². The van der Waals surface area contributed by atoms with Gasteiger partial charge >= 0.3 is 0 Å². The summed E-state index contributed by atoms with van der Waals surface area (Å²) in [6.45, 7) is 1.90. The SMILES string of the molecule is Cc1nc(C(O)c2ncccn2)cs1. The van der Waals surface area contributed by atoms with Crippen molar-refractivity contribution >= 4 is 11.3 Å². The summed E-state index contributed by atoms with van der Waals surface area (Å²) in [6, 6.07) is 1.71. The van der Waals surface area contributed by atoms with E-state index in [2.05, 4.69) is 15.0 Å². The molecule has 2 heterocycles. The molecule has 0 spiro atoms. The average molecular weight is 207 g/mol. The summed E-state index contributed by atoms with van der Waals surface area (Å²) in [5.74, 6) is 0.387. The summed E-state index contributed by atoms with van der Waals surface area (Å²) in [5, 5.41) is 12.6. The Morgan fingerprint density at radius 2 is 2.07 bits per heavy atom. The Morgan fingerprint density at radius 1 is 1.36 bits per heavy atom. The minimum absolute atomic E-state index is 0.387. The lowest BCUT2D eigenvalue weighted by Gasteiger charge is -2.04. The predicted molar refractivity (Wildman–Crippen MR) is 52.9 cm³/mol. The summed E-state index contributed by atoms with van der Waals surface area (Å²) in [7, 11) is 0. The van der Waals surface area contributed by atoms with Gasteiger partial charge in [-0.3, -0.25) is 0 Å². The van der Waals surface area contributed by atoms with Gasteiger partial charge in [-0.15, -0.1) is 11.3 Å². The van der Waals surface area contributed by atoms with Crippen LogP contribution in [-0.4, -0.2) is 20.1 Å². The molecule has 0 amide bonds. The molecule has 72 valence electrons. The van der Waals surface area contributed by atoms with Gasteiger partial charge in [0, 0.05) is 17.8 Å². The number of aliphatic hydroxyl groups excluding tert-OH is 1. The Morgan fingerprint density at radius 3 is 2.64 bits per heavy atom. The molecule has 0 radical (unpaired) electrons. The number of hydrogen-bond acceptors (Lipinski definition) is 5. The highest BCUT2D eigenvalue weighted by atomic mass is 32.1. The lowest BCUT2D eigenvalue weighted by Crippen LogP contribution is -2.04. The van der Waals surface area contributed by atoms with Gasteiger partial charge in [-0.05, 0) is 13.0 Å². The van der Waals surface area contributed by atoms with E-state index in [0.29, 0.717) is 11.5 Å². The molecular weight excluding hydrogens is 198 g/mol. The van der Waals surface area contributed by atoms with Gasteiger partial charge in [0.25, 0.3) is 0 Å². The minimum atomic E-state index is -0.818. The van der Waals surface area contributed by atoms with Crippen molar-refractivity contribution in [2.75, 3.05) is 0 Å². The minimum Gasteiger partial charge on any atom is -0.379 e. The van der Waals surface area contributed by atoms with Gasteiger partial charge in [0.15, 0.2) is 11.9 Å². The number of aliphatic hydroxyl groups is 1. The summed E-state index contributed by atoms with van der Waals surface area (Å²) >= 11 is 1.50. The lowest BCUT2D eigenvalue weighted by molar-refractivity contribution is 0.205. The average Bonchev–Trinajstić information content (AvgIpc) is 2.65. The molecule has 0 saturated heterocycles. The van der Waals surface area contributed by atoms with E-state index in [1.807, 2.05) is 12.3 Å². The first kappa shape index (κ1) is 9.23. The van der Waals surface area contributed by atoms with E-state index in [0.717, 1.165) is 5.01 Å². The highest BCUT2D eigenvalue weighted by molar-refractivity contribution is 7.09. The number of aromatic nitrogens is 3. The summed E-state index contributed by atoms with van der Waals surface area (Å²) in [4.78, 5) is 12.1. The second-order valence-corrected chi connectivity index (χ2v) is 3.86. The first-order valence-corrected chi connectivity index (χ1v) is 5.02. The third-order valence-corrected chi connectivity index (χ3v) is 2.54. The van der Waals surface area contributed by atoms with Crippen molar-refractivity contribution in [2.24, 2.45) is 0 Å². The van der Waals surface area contributed by atoms with Crippen LogP contribution in [0.3, 0.4) is 0 Å². The van der Waals surface area contributed by atoms with Crippen molar-refractivity contribution in [1.82, 2.24) is 15.0 Å². The molecule has 0 saturated carbocycles. The Bertz CT molecular complexity index is 415. The van der Waals surface area contributed by atoms with E-state index in [1.54, 1.807) is 18.5 Å². The Balaban J connectivity index is 2.29. The maximum atomic E-state index is 9.82. The van der Waals surface area contributed by atoms with Crippen LogP contribution >= 0.6 is 11.3 Å². The van der Waals surface area contributed by atoms with Gasteiger partial charge in [0.2, 0.25) is 0 Å². The topological polar surface area (TPSA) is 58.9 Å². The van der Waals surface area contributed by atoms with Gasteiger partial charge in [-0.1, -0.05) is 0 Å². The van der Waals surface area contributed by atoms with Gasteiger partial charge < -0.3 is 5.11 Å². The van der Waals surface area contributed by atoms with E-state index in [1.165, 1.54) is 11.3 Å². The molecule has 0 aliphatic rings. The molecule has 5 heteroatoms. The Labute approximate surface area is 85.3 Å². The molecular formula is C9H9N3OS. The molecule has 0 aliphatic heterocycles. The molecule has 2 rings (SSSR count). The highest BCUT2D eigenvalue weighted by Gasteiger charge is 2.15. The monoisotopic (exact) mass is 207 g/mol. The summed E-state index contributed by atoms with van der Waals surface area (Å²) in [6.07, 6.45) is 2.39. The van der Waals surface area contributed by atoms with Gasteiger partial charge in [0.1, 0.15) is 0 Å². The second-order valence-electron chi connectivity index (χ2n) is 2.80. The molecule has 1 unspecified atom stereocenters. The van der Waals surface area contributed by atoms with Crippen molar-refractivity contribution in [3.63, 3.8) is 0 Å². The standard InChI is InChI=1S/C9H9N3OS/c1-6-12-7(5-14-6)8(13)9-10-3-2-4-11-9/h2-5,8,13H,1H3. The van der Waals surface area contributed by atoms with Crippen molar-refractivity contribution in [3.05, 3.63) is 40.4 Å². The normalized spacial score (nSPS) is 12.7. The van der Waals surface area contributed by atoms with Crippen LogP contribution in [0.15, 0.2) is 23.8 Å². The fraction of sp³-hybridized carbons (Fsp3) is 0.222. The van der Waals surface area contributed by atoms with Crippen LogP contribution in [0.4, 0.5) is 0 Å². The molecule has 2 aromatic rings. The van der Waals surface area contributed by atoms with E-state index < -0.39 is 6.10 Å². The van der Waals surface area contributed by atoms with Crippen LogP contribution in [-0.2, 0) is 0 Å². The molecule has 4 nitrogen and oxygen atoms in total. The van der Waals surface area contributed by atoms with Crippen LogP contribution < -0.4 is 0 Å². The van der Waals surface area contributed by atoms with Crippen molar-refractivity contribution < 1.29 is 5.11 Å². The molecule has 14 heavy (non-hydrogen) atoms. The number of rotatable bonds is 2. The van der Waals surface area contributed by atoms with Crippen LogP contribution in [0.5, 0.6) is 0 Å². The summed E-state index contributed by atoms with van der Waals surface area (Å²) < 4.78 is 0. The zero-order valence-electron chi connectivity index (χ0n) is 7.58. The Kier molecular flexibility index (Phi) is 2.51. The zero-order chi connectivity index (χ0) is 9.97. The first-order valence-electron chi connectivity index (χ1n) is 4.14. The molecule has 1 N–H and O–H groups in total. The maximum Gasteiger partial charge on any atom is 0.163 e. The third kappa shape index (κ3) is 1.78. The van der Waals surface area contributed by atoms with E-state index in [4.69, 9.17) is 0 Å².